The van der Waals surface area contributed by atoms with Crippen molar-refractivity contribution in [3.8, 4) is 0 Å². The summed E-state index contributed by atoms with van der Waals surface area (Å²) in [5.41, 5.74) is 1.50. The summed E-state index contributed by atoms with van der Waals surface area (Å²) in [4.78, 5) is 53.5. The SMILES string of the molecule is CCN(Cc1ccccc1)C(=O)COC(=O)[C@H](C(C)C)N1C(=O)c2ccccc2C1=O. The van der Waals surface area contributed by atoms with Crippen LogP contribution in [0, 0.1) is 5.92 Å². The number of carbonyl (C=O) groups excluding carboxylic acids is 4. The molecule has 3 amide bonds. The number of nitrogens with zero attached hydrogens (tertiary/aromatic N) is 2. The minimum Gasteiger partial charge on any atom is -0.454 e. The summed E-state index contributed by atoms with van der Waals surface area (Å²) in [6.45, 7) is 5.71. The Labute approximate surface area is 181 Å². The summed E-state index contributed by atoms with van der Waals surface area (Å²) in [5, 5.41) is 0. The molecule has 0 aromatic heterocycles. The first-order valence-electron chi connectivity index (χ1n) is 10.3. The number of ether oxygens (including phenoxy) is 1. The van der Waals surface area contributed by atoms with Gasteiger partial charge >= 0.3 is 5.97 Å². The first-order chi connectivity index (χ1) is 14.8. The zero-order chi connectivity index (χ0) is 22.5. The molecule has 2 aromatic rings. The van der Waals surface area contributed by atoms with Crippen LogP contribution in [-0.4, -0.2) is 52.7 Å². The Bertz CT molecular complexity index is 951. The molecule has 0 fully saturated rings. The van der Waals surface area contributed by atoms with Crippen LogP contribution in [0.25, 0.3) is 0 Å². The summed E-state index contributed by atoms with van der Waals surface area (Å²) < 4.78 is 5.28. The van der Waals surface area contributed by atoms with Gasteiger partial charge in [-0.1, -0.05) is 56.3 Å². The molecule has 0 N–H and O–H groups in total. The summed E-state index contributed by atoms with van der Waals surface area (Å²) in [6, 6.07) is 14.9. The Morgan fingerprint density at radius 2 is 1.48 bits per heavy atom. The van der Waals surface area contributed by atoms with Crippen LogP contribution in [-0.2, 0) is 20.9 Å². The summed E-state index contributed by atoms with van der Waals surface area (Å²) in [7, 11) is 0. The average molecular weight is 422 g/mol. The van der Waals surface area contributed by atoms with Gasteiger partial charge in [-0.05, 0) is 30.5 Å². The first kappa shape index (κ1) is 22.2. The van der Waals surface area contributed by atoms with Gasteiger partial charge < -0.3 is 9.64 Å². The fourth-order valence-corrected chi connectivity index (χ4v) is 3.63. The van der Waals surface area contributed by atoms with Gasteiger partial charge in [-0.15, -0.1) is 0 Å². The van der Waals surface area contributed by atoms with Gasteiger partial charge in [0.25, 0.3) is 17.7 Å². The number of hydrogen-bond acceptors (Lipinski definition) is 5. The monoisotopic (exact) mass is 422 g/mol. The molecule has 3 rings (SSSR count). The van der Waals surface area contributed by atoms with Gasteiger partial charge in [0.15, 0.2) is 6.61 Å². The van der Waals surface area contributed by atoms with Crippen molar-refractivity contribution in [3.63, 3.8) is 0 Å². The van der Waals surface area contributed by atoms with Crippen molar-refractivity contribution in [2.24, 2.45) is 5.92 Å². The molecule has 162 valence electrons. The van der Waals surface area contributed by atoms with Crippen LogP contribution in [0.15, 0.2) is 54.6 Å². The minimum atomic E-state index is -1.11. The quantitative estimate of drug-likeness (QED) is 0.482. The predicted octanol–water partition coefficient (Wildman–Crippen LogP) is 2.90. The highest BCUT2D eigenvalue weighted by molar-refractivity contribution is 6.22. The second kappa shape index (κ2) is 9.55. The number of carbonyl (C=O) groups is 4. The molecule has 7 nitrogen and oxygen atoms in total. The first-order valence-corrected chi connectivity index (χ1v) is 10.3. The molecule has 0 saturated carbocycles. The topological polar surface area (TPSA) is 84.0 Å². The molecule has 0 spiro atoms. The molecule has 2 aromatic carbocycles. The van der Waals surface area contributed by atoms with Crippen LogP contribution in [0.1, 0.15) is 47.1 Å². The summed E-state index contributed by atoms with van der Waals surface area (Å²) in [5.74, 6) is -2.54. The minimum absolute atomic E-state index is 0.266. The molecule has 31 heavy (non-hydrogen) atoms. The van der Waals surface area contributed by atoms with Crippen molar-refractivity contribution in [3.05, 3.63) is 71.3 Å². The predicted molar refractivity (Wildman–Crippen MR) is 114 cm³/mol. The highest BCUT2D eigenvalue weighted by Crippen LogP contribution is 2.27. The third-order valence-electron chi connectivity index (χ3n) is 5.27. The normalized spacial score (nSPS) is 13.9. The van der Waals surface area contributed by atoms with E-state index in [1.807, 2.05) is 37.3 Å². The number of benzene rings is 2. The molecule has 1 aliphatic rings. The van der Waals surface area contributed by atoms with Crippen molar-refractivity contribution >= 4 is 23.7 Å². The van der Waals surface area contributed by atoms with Crippen LogP contribution in [0.2, 0.25) is 0 Å². The van der Waals surface area contributed by atoms with E-state index < -0.39 is 30.4 Å². The summed E-state index contributed by atoms with van der Waals surface area (Å²) >= 11 is 0. The molecule has 1 atom stereocenters. The van der Waals surface area contributed by atoms with Crippen LogP contribution >= 0.6 is 0 Å². The number of imide groups is 1. The number of esters is 1. The highest BCUT2D eigenvalue weighted by Gasteiger charge is 2.44. The second-order valence-electron chi connectivity index (χ2n) is 7.72. The molecule has 0 bridgehead atoms. The van der Waals surface area contributed by atoms with Gasteiger partial charge in [0.05, 0.1) is 11.1 Å². The van der Waals surface area contributed by atoms with Crippen molar-refractivity contribution in [1.29, 1.82) is 0 Å². The van der Waals surface area contributed by atoms with Crippen LogP contribution in [0.4, 0.5) is 0 Å². The lowest BCUT2D eigenvalue weighted by Crippen LogP contribution is -2.49. The zero-order valence-electron chi connectivity index (χ0n) is 17.9. The number of rotatable bonds is 8. The Morgan fingerprint density at radius 1 is 0.935 bits per heavy atom. The third kappa shape index (κ3) is 4.66. The molecule has 0 unspecified atom stereocenters. The Hall–Kier alpha value is -3.48. The van der Waals surface area contributed by atoms with Gasteiger partial charge in [-0.25, -0.2) is 4.79 Å². The van der Waals surface area contributed by atoms with E-state index in [2.05, 4.69) is 0 Å². The molecule has 1 heterocycles. The molecule has 0 saturated heterocycles. The van der Waals surface area contributed by atoms with Crippen LogP contribution < -0.4 is 0 Å². The van der Waals surface area contributed by atoms with Crippen molar-refractivity contribution in [2.45, 2.75) is 33.4 Å². The molecule has 0 radical (unpaired) electrons. The third-order valence-corrected chi connectivity index (χ3v) is 5.27. The smallest absolute Gasteiger partial charge is 0.330 e. The van der Waals surface area contributed by atoms with E-state index in [1.54, 1.807) is 43.0 Å². The molecule has 0 aliphatic carbocycles. The van der Waals surface area contributed by atoms with Gasteiger partial charge in [0.2, 0.25) is 0 Å². The maximum atomic E-state index is 12.8. The van der Waals surface area contributed by atoms with E-state index in [9.17, 15) is 19.2 Å². The van der Waals surface area contributed by atoms with E-state index in [0.29, 0.717) is 13.1 Å². The molecule has 7 heteroatoms. The van der Waals surface area contributed by atoms with Crippen molar-refractivity contribution in [2.75, 3.05) is 13.2 Å². The Balaban J connectivity index is 1.68. The van der Waals surface area contributed by atoms with Crippen molar-refractivity contribution in [1.82, 2.24) is 9.80 Å². The van der Waals surface area contributed by atoms with Crippen LogP contribution in [0.5, 0.6) is 0 Å². The van der Waals surface area contributed by atoms with E-state index in [-0.39, 0.29) is 23.0 Å². The lowest BCUT2D eigenvalue weighted by atomic mass is 10.0. The van der Waals surface area contributed by atoms with Gasteiger partial charge in [0, 0.05) is 13.1 Å². The maximum Gasteiger partial charge on any atom is 0.330 e. The van der Waals surface area contributed by atoms with E-state index in [0.717, 1.165) is 10.5 Å². The number of likely N-dealkylation sites (N-methyl/N-ethyl adjacent to an activating group) is 1. The number of amides is 3. The largest absolute Gasteiger partial charge is 0.454 e. The average Bonchev–Trinajstić information content (AvgIpc) is 3.02. The van der Waals surface area contributed by atoms with Crippen molar-refractivity contribution < 1.29 is 23.9 Å². The Kier molecular flexibility index (Phi) is 6.84. The van der Waals surface area contributed by atoms with E-state index in [4.69, 9.17) is 4.74 Å². The lowest BCUT2D eigenvalue weighted by Gasteiger charge is -2.28. The molecular weight excluding hydrogens is 396 g/mol. The standard InChI is InChI=1S/C24H26N2O5/c1-4-25(14-17-10-6-5-7-11-17)20(27)15-31-24(30)21(16(2)3)26-22(28)18-12-8-9-13-19(18)23(26)29/h5-13,16,21H,4,14-15H2,1-3H3/t21-/m0/s1. The number of fused-ring (bicyclic) bond motifs is 1. The number of hydrogen-bond donors (Lipinski definition) is 0. The second-order valence-corrected chi connectivity index (χ2v) is 7.72. The van der Waals surface area contributed by atoms with Gasteiger partial charge in [-0.2, -0.15) is 0 Å². The maximum absolute atomic E-state index is 12.8. The molecular formula is C24H26N2O5. The fraction of sp³-hybridized carbons (Fsp3) is 0.333. The van der Waals surface area contributed by atoms with Crippen LogP contribution in [0.3, 0.4) is 0 Å². The van der Waals surface area contributed by atoms with E-state index in [1.165, 1.54) is 0 Å². The Morgan fingerprint density at radius 3 is 2.00 bits per heavy atom. The van der Waals surface area contributed by atoms with E-state index >= 15 is 0 Å². The van der Waals surface area contributed by atoms with Gasteiger partial charge in [-0.3, -0.25) is 19.3 Å². The zero-order valence-corrected chi connectivity index (χ0v) is 17.9. The molecule has 1 aliphatic heterocycles. The summed E-state index contributed by atoms with van der Waals surface area (Å²) in [6.07, 6.45) is 0. The lowest BCUT2D eigenvalue weighted by molar-refractivity contribution is -0.156. The highest BCUT2D eigenvalue weighted by atomic mass is 16.5. The van der Waals surface area contributed by atoms with Gasteiger partial charge in [0.1, 0.15) is 6.04 Å². The fourth-order valence-electron chi connectivity index (χ4n) is 3.63.